The molecule has 0 aliphatic carbocycles. The van der Waals surface area contributed by atoms with Crippen LogP contribution < -0.4 is 5.46 Å². The zero-order chi connectivity index (χ0) is 11.6. The Morgan fingerprint density at radius 3 is 2.47 bits per heavy atom. The first-order valence-electron chi connectivity index (χ1n) is 3.94. The third-order valence-electron chi connectivity index (χ3n) is 1.77. The number of carbonyl (C=O) groups is 1. The zero-order valence-electron chi connectivity index (χ0n) is 7.64. The monoisotopic (exact) mass is 237 g/mol. The number of rotatable bonds is 2. The Bertz CT molecular complexity index is 392. The lowest BCUT2D eigenvalue weighted by atomic mass is 9.79. The van der Waals surface area contributed by atoms with Gasteiger partial charge in [-0.05, 0) is 12.1 Å². The third kappa shape index (κ3) is 2.65. The largest absolute Gasteiger partial charge is 0.511 e. The highest BCUT2D eigenvalue weighted by Gasteiger charge is 2.28. The number of benzene rings is 1. The summed E-state index contributed by atoms with van der Waals surface area (Å²) in [6.07, 6.45) is 0. The summed E-state index contributed by atoms with van der Waals surface area (Å²) in [4.78, 5) is 11.0. The fraction of sp³-hybridized carbons (Fsp3) is 0.125. The minimum atomic E-state index is -5.22. The van der Waals surface area contributed by atoms with E-state index in [4.69, 9.17) is 11.6 Å². The van der Waals surface area contributed by atoms with Crippen molar-refractivity contribution in [2.24, 2.45) is 0 Å². The highest BCUT2D eigenvalue weighted by Crippen LogP contribution is 2.17. The molecule has 0 fully saturated rings. The lowest BCUT2D eigenvalue weighted by Gasteiger charge is -2.17. The van der Waals surface area contributed by atoms with Gasteiger partial charge in [-0.2, -0.15) is 0 Å². The Labute approximate surface area is 89.0 Å². The first-order chi connectivity index (χ1) is 6.86. The van der Waals surface area contributed by atoms with Gasteiger partial charge in [0.15, 0.2) is 0 Å². The first-order valence-corrected chi connectivity index (χ1v) is 4.31. The Morgan fingerprint density at radius 2 is 2.00 bits per heavy atom. The average molecular weight is 237 g/mol. The van der Waals surface area contributed by atoms with E-state index in [0.717, 1.165) is 13.2 Å². The summed E-state index contributed by atoms with van der Waals surface area (Å²) in [6.45, 7) is -5.22. The van der Waals surface area contributed by atoms with E-state index in [9.17, 15) is 17.7 Å². The number of halogens is 4. The van der Waals surface area contributed by atoms with Crippen LogP contribution in [0.15, 0.2) is 18.2 Å². The molecule has 0 N–H and O–H groups in total. The van der Waals surface area contributed by atoms with Crippen LogP contribution in [0.4, 0.5) is 12.9 Å². The van der Waals surface area contributed by atoms with Gasteiger partial charge >= 0.3 is 12.9 Å². The lowest BCUT2D eigenvalue weighted by Crippen LogP contribution is -2.35. The molecule has 1 aromatic rings. The van der Waals surface area contributed by atoms with Gasteiger partial charge < -0.3 is 17.7 Å². The van der Waals surface area contributed by atoms with Crippen LogP contribution in [0, 0.1) is 0 Å². The van der Waals surface area contributed by atoms with E-state index < -0.39 is 23.4 Å². The van der Waals surface area contributed by atoms with Crippen LogP contribution in [0.3, 0.4) is 0 Å². The molecule has 15 heavy (non-hydrogen) atoms. The fourth-order valence-corrected chi connectivity index (χ4v) is 1.28. The molecular formula is C8H6BClF3O2-. The molecule has 0 aromatic heterocycles. The van der Waals surface area contributed by atoms with Gasteiger partial charge in [-0.15, -0.1) is 0 Å². The van der Waals surface area contributed by atoms with Crippen molar-refractivity contribution in [2.45, 2.75) is 0 Å². The summed E-state index contributed by atoms with van der Waals surface area (Å²) < 4.78 is 41.6. The van der Waals surface area contributed by atoms with Crippen molar-refractivity contribution in [1.82, 2.24) is 0 Å². The normalized spacial score (nSPS) is 11.3. The van der Waals surface area contributed by atoms with E-state index in [1.165, 1.54) is 6.07 Å². The van der Waals surface area contributed by atoms with Gasteiger partial charge in [0.2, 0.25) is 0 Å². The summed E-state index contributed by atoms with van der Waals surface area (Å²) in [7, 11) is 1.09. The van der Waals surface area contributed by atoms with Crippen LogP contribution in [0.25, 0.3) is 0 Å². The molecule has 0 aliphatic rings. The summed E-state index contributed by atoms with van der Waals surface area (Å²) in [5.74, 6) is -0.826. The Hall–Kier alpha value is -1.17. The molecule has 0 radical (unpaired) electrons. The highest BCUT2D eigenvalue weighted by molar-refractivity contribution is 6.76. The Balaban J connectivity index is 3.23. The van der Waals surface area contributed by atoms with Crippen molar-refractivity contribution in [3.63, 3.8) is 0 Å². The summed E-state index contributed by atoms with van der Waals surface area (Å²) in [5, 5.41) is -0.421. The van der Waals surface area contributed by atoms with E-state index >= 15 is 0 Å². The van der Waals surface area contributed by atoms with Crippen molar-refractivity contribution in [3.8, 4) is 0 Å². The van der Waals surface area contributed by atoms with Crippen LogP contribution in [0.1, 0.15) is 10.4 Å². The highest BCUT2D eigenvalue weighted by atomic mass is 35.5. The summed E-state index contributed by atoms with van der Waals surface area (Å²) in [5.41, 5.74) is -1.16. The summed E-state index contributed by atoms with van der Waals surface area (Å²) >= 11 is 5.37. The van der Waals surface area contributed by atoms with E-state index in [-0.39, 0.29) is 5.56 Å². The number of esters is 1. The topological polar surface area (TPSA) is 26.3 Å². The van der Waals surface area contributed by atoms with Gasteiger partial charge in [0.25, 0.3) is 0 Å². The zero-order valence-corrected chi connectivity index (χ0v) is 8.39. The second-order valence-electron chi connectivity index (χ2n) is 2.80. The van der Waals surface area contributed by atoms with Gasteiger partial charge in [0.1, 0.15) is 0 Å². The molecule has 0 aliphatic heterocycles. The molecule has 0 atom stereocenters. The first kappa shape index (κ1) is 11.9. The maximum atomic E-state index is 12.4. The number of carbonyl (C=O) groups excluding carboxylic acids is 1. The quantitative estimate of drug-likeness (QED) is 0.582. The van der Waals surface area contributed by atoms with Crippen LogP contribution >= 0.6 is 11.6 Å². The molecule has 0 saturated carbocycles. The molecule has 0 amide bonds. The van der Waals surface area contributed by atoms with Gasteiger partial charge in [-0.25, -0.2) is 4.79 Å². The average Bonchev–Trinajstić information content (AvgIpc) is 2.15. The minimum absolute atomic E-state index is 0.170. The van der Waals surface area contributed by atoms with Crippen molar-refractivity contribution in [1.29, 1.82) is 0 Å². The molecule has 1 aromatic carbocycles. The van der Waals surface area contributed by atoms with Gasteiger partial charge in [-0.3, -0.25) is 0 Å². The SMILES string of the molecule is COC(=O)c1ccc(Cl)c([B-](F)(F)F)c1. The van der Waals surface area contributed by atoms with E-state index in [1.54, 1.807) is 0 Å². The van der Waals surface area contributed by atoms with Crippen molar-refractivity contribution >= 4 is 30.0 Å². The van der Waals surface area contributed by atoms with Gasteiger partial charge in [-0.1, -0.05) is 23.1 Å². The summed E-state index contributed by atoms with van der Waals surface area (Å²) in [6, 6.07) is 2.89. The second-order valence-corrected chi connectivity index (χ2v) is 3.21. The molecule has 2 nitrogen and oxygen atoms in total. The second kappa shape index (κ2) is 4.14. The fourth-order valence-electron chi connectivity index (χ4n) is 1.04. The van der Waals surface area contributed by atoms with Gasteiger partial charge in [0, 0.05) is 5.02 Å². The van der Waals surface area contributed by atoms with Crippen molar-refractivity contribution in [3.05, 3.63) is 28.8 Å². The standard InChI is InChI=1S/C8H6BClF3O2/c1-15-8(14)5-2-3-7(10)6(4-5)9(11,12)13/h2-4H,1H3/q-1. The molecule has 0 spiro atoms. The number of hydrogen-bond acceptors (Lipinski definition) is 2. The lowest BCUT2D eigenvalue weighted by molar-refractivity contribution is 0.0601. The van der Waals surface area contributed by atoms with Gasteiger partial charge in [0.05, 0.1) is 12.7 Å². The predicted molar refractivity (Wildman–Crippen MR) is 51.5 cm³/mol. The van der Waals surface area contributed by atoms with Crippen LogP contribution in [-0.2, 0) is 4.74 Å². The van der Waals surface area contributed by atoms with E-state index in [2.05, 4.69) is 4.74 Å². The predicted octanol–water partition coefficient (Wildman–Crippen LogP) is 2.18. The van der Waals surface area contributed by atoms with E-state index in [0.29, 0.717) is 6.07 Å². The van der Waals surface area contributed by atoms with Crippen LogP contribution in [0.2, 0.25) is 5.02 Å². The molecule has 0 unspecified atom stereocenters. The molecule has 7 heteroatoms. The Kier molecular flexibility index (Phi) is 3.29. The van der Waals surface area contributed by atoms with E-state index in [1.807, 2.05) is 0 Å². The molecular weight excluding hydrogens is 231 g/mol. The molecule has 82 valence electrons. The Morgan fingerprint density at radius 1 is 1.40 bits per heavy atom. The third-order valence-corrected chi connectivity index (χ3v) is 2.11. The number of methoxy groups -OCH3 is 1. The molecule has 0 saturated heterocycles. The maximum Gasteiger partial charge on any atom is 0.511 e. The molecule has 0 heterocycles. The number of ether oxygens (including phenoxy) is 1. The van der Waals surface area contributed by atoms with Crippen LogP contribution in [0.5, 0.6) is 0 Å². The number of hydrogen-bond donors (Lipinski definition) is 0. The van der Waals surface area contributed by atoms with Crippen molar-refractivity contribution < 1.29 is 22.5 Å². The minimum Gasteiger partial charge on any atom is -0.465 e. The molecule has 0 bridgehead atoms. The molecule has 1 rings (SSSR count). The smallest absolute Gasteiger partial charge is 0.465 e. The maximum absolute atomic E-state index is 12.4. The van der Waals surface area contributed by atoms with Crippen molar-refractivity contribution in [2.75, 3.05) is 7.11 Å². The van der Waals surface area contributed by atoms with Crippen LogP contribution in [-0.4, -0.2) is 20.1 Å².